The highest BCUT2D eigenvalue weighted by atomic mass is 16.2. The number of nitrogens with one attached hydrogen (secondary N) is 1. The Morgan fingerprint density at radius 3 is 2.48 bits per heavy atom. The lowest BCUT2D eigenvalue weighted by atomic mass is 10.0. The fraction of sp³-hybridized carbons (Fsp3) is 0.611. The summed E-state index contributed by atoms with van der Waals surface area (Å²) in [5.41, 5.74) is 2.24. The van der Waals surface area contributed by atoms with Crippen molar-refractivity contribution < 1.29 is 4.79 Å². The van der Waals surface area contributed by atoms with E-state index < -0.39 is 0 Å². The average molecular weight is 286 g/mol. The molecule has 1 aliphatic carbocycles. The summed E-state index contributed by atoms with van der Waals surface area (Å²) in [6.45, 7) is 6.49. The third-order valence-electron chi connectivity index (χ3n) is 4.96. The number of aryl methyl sites for hydroxylation is 1. The first-order valence-electron chi connectivity index (χ1n) is 8.28. The highest BCUT2D eigenvalue weighted by Crippen LogP contribution is 2.47. The van der Waals surface area contributed by atoms with Gasteiger partial charge >= 0.3 is 0 Å². The van der Waals surface area contributed by atoms with E-state index in [0.717, 1.165) is 32.1 Å². The standard InChI is InChI=1S/C18H26N2O/c1-4-6-15(5-2)20-16(14-9-7-13(3)8-10-14)19-18(11-12-18)17(20)21/h7-10,15-16,19H,4-6,11-12H2,1-3H3. The Morgan fingerprint density at radius 2 is 1.95 bits per heavy atom. The molecule has 1 N–H and O–H groups in total. The molecule has 2 atom stereocenters. The van der Waals surface area contributed by atoms with E-state index in [9.17, 15) is 4.79 Å². The summed E-state index contributed by atoms with van der Waals surface area (Å²) in [7, 11) is 0. The summed E-state index contributed by atoms with van der Waals surface area (Å²) in [6.07, 6.45) is 5.27. The lowest BCUT2D eigenvalue weighted by Crippen LogP contribution is -2.40. The van der Waals surface area contributed by atoms with Crippen LogP contribution in [0, 0.1) is 6.92 Å². The minimum Gasteiger partial charge on any atom is -0.318 e. The van der Waals surface area contributed by atoms with Crippen molar-refractivity contribution in [2.75, 3.05) is 0 Å². The monoisotopic (exact) mass is 286 g/mol. The molecule has 3 heteroatoms. The number of carbonyl (C=O) groups is 1. The minimum atomic E-state index is -0.239. The lowest BCUT2D eigenvalue weighted by Gasteiger charge is -2.32. The molecular formula is C18H26N2O. The van der Waals surface area contributed by atoms with E-state index in [4.69, 9.17) is 0 Å². The highest BCUT2D eigenvalue weighted by Gasteiger charge is 2.60. The third kappa shape index (κ3) is 2.48. The third-order valence-corrected chi connectivity index (χ3v) is 4.96. The van der Waals surface area contributed by atoms with Gasteiger partial charge in [-0.1, -0.05) is 50.1 Å². The van der Waals surface area contributed by atoms with Crippen molar-refractivity contribution in [1.82, 2.24) is 10.2 Å². The fourth-order valence-electron chi connectivity index (χ4n) is 3.48. The zero-order chi connectivity index (χ0) is 15.0. The Labute approximate surface area is 127 Å². The zero-order valence-corrected chi connectivity index (χ0v) is 13.4. The molecule has 1 amide bonds. The number of hydrogen-bond acceptors (Lipinski definition) is 2. The molecule has 114 valence electrons. The summed E-state index contributed by atoms with van der Waals surface area (Å²) >= 11 is 0. The van der Waals surface area contributed by atoms with Gasteiger partial charge in [0.2, 0.25) is 5.91 Å². The Hall–Kier alpha value is -1.35. The van der Waals surface area contributed by atoms with E-state index in [1.807, 2.05) is 0 Å². The second-order valence-corrected chi connectivity index (χ2v) is 6.60. The molecule has 1 saturated heterocycles. The summed E-state index contributed by atoms with van der Waals surface area (Å²) in [5.74, 6) is 0.327. The predicted molar refractivity (Wildman–Crippen MR) is 84.9 cm³/mol. The lowest BCUT2D eigenvalue weighted by molar-refractivity contribution is -0.133. The van der Waals surface area contributed by atoms with Crippen LogP contribution in [0.25, 0.3) is 0 Å². The van der Waals surface area contributed by atoms with Gasteiger partial charge in [-0.15, -0.1) is 0 Å². The van der Waals surface area contributed by atoms with Crippen LogP contribution in [0.15, 0.2) is 24.3 Å². The van der Waals surface area contributed by atoms with Crippen LogP contribution in [0.4, 0.5) is 0 Å². The van der Waals surface area contributed by atoms with Crippen molar-refractivity contribution >= 4 is 5.91 Å². The quantitative estimate of drug-likeness (QED) is 0.898. The molecule has 2 aliphatic rings. The molecule has 0 aromatic heterocycles. The normalized spacial score (nSPS) is 24.6. The average Bonchev–Trinajstić information content (AvgIpc) is 3.21. The molecule has 1 saturated carbocycles. The van der Waals surface area contributed by atoms with E-state index in [2.05, 4.69) is 55.3 Å². The topological polar surface area (TPSA) is 32.3 Å². The molecule has 0 radical (unpaired) electrons. The van der Waals surface area contributed by atoms with Gasteiger partial charge in [0.25, 0.3) is 0 Å². The van der Waals surface area contributed by atoms with Gasteiger partial charge in [-0.3, -0.25) is 10.1 Å². The van der Waals surface area contributed by atoms with Crippen LogP contribution in [-0.2, 0) is 4.79 Å². The van der Waals surface area contributed by atoms with Crippen LogP contribution >= 0.6 is 0 Å². The van der Waals surface area contributed by atoms with E-state index in [0.29, 0.717) is 11.9 Å². The molecule has 3 rings (SSSR count). The number of nitrogens with zero attached hydrogens (tertiary/aromatic N) is 1. The Kier molecular flexibility index (Phi) is 3.78. The van der Waals surface area contributed by atoms with Crippen LogP contribution in [0.2, 0.25) is 0 Å². The molecular weight excluding hydrogens is 260 g/mol. The fourth-order valence-corrected chi connectivity index (χ4v) is 3.48. The summed E-state index contributed by atoms with van der Waals surface area (Å²) < 4.78 is 0. The first kappa shape index (κ1) is 14.6. The van der Waals surface area contributed by atoms with Crippen LogP contribution < -0.4 is 5.32 Å². The van der Waals surface area contributed by atoms with Gasteiger partial charge in [0.05, 0.1) is 0 Å². The summed E-state index contributed by atoms with van der Waals surface area (Å²) in [6, 6.07) is 8.94. The second-order valence-electron chi connectivity index (χ2n) is 6.60. The second kappa shape index (κ2) is 5.45. The van der Waals surface area contributed by atoms with Gasteiger partial charge in [-0.05, 0) is 38.2 Å². The Morgan fingerprint density at radius 1 is 1.29 bits per heavy atom. The Balaban J connectivity index is 1.92. The summed E-state index contributed by atoms with van der Waals surface area (Å²) in [5, 5.41) is 3.63. The molecule has 1 aromatic rings. The maximum absolute atomic E-state index is 12.9. The number of amides is 1. The Bertz CT molecular complexity index is 519. The van der Waals surface area contributed by atoms with E-state index in [1.165, 1.54) is 11.1 Å². The van der Waals surface area contributed by atoms with Crippen molar-refractivity contribution in [3.05, 3.63) is 35.4 Å². The smallest absolute Gasteiger partial charge is 0.244 e. The van der Waals surface area contributed by atoms with Crippen LogP contribution in [-0.4, -0.2) is 22.4 Å². The number of benzene rings is 1. The van der Waals surface area contributed by atoms with Crippen LogP contribution in [0.5, 0.6) is 0 Å². The molecule has 1 aliphatic heterocycles. The summed E-state index contributed by atoms with van der Waals surface area (Å²) in [4.78, 5) is 15.0. The van der Waals surface area contributed by atoms with Crippen molar-refractivity contribution in [3.63, 3.8) is 0 Å². The molecule has 2 unspecified atom stereocenters. The van der Waals surface area contributed by atoms with Gasteiger partial charge < -0.3 is 4.90 Å². The molecule has 3 nitrogen and oxygen atoms in total. The maximum Gasteiger partial charge on any atom is 0.244 e. The minimum absolute atomic E-state index is 0.0529. The van der Waals surface area contributed by atoms with Gasteiger partial charge in [0, 0.05) is 6.04 Å². The van der Waals surface area contributed by atoms with Crippen molar-refractivity contribution in [2.45, 2.75) is 70.6 Å². The van der Waals surface area contributed by atoms with E-state index >= 15 is 0 Å². The van der Waals surface area contributed by atoms with Crippen molar-refractivity contribution in [3.8, 4) is 0 Å². The van der Waals surface area contributed by atoms with E-state index in [1.54, 1.807) is 0 Å². The number of rotatable bonds is 5. The van der Waals surface area contributed by atoms with Crippen LogP contribution in [0.3, 0.4) is 0 Å². The molecule has 1 aromatic carbocycles. The van der Waals surface area contributed by atoms with Gasteiger partial charge in [-0.25, -0.2) is 0 Å². The van der Waals surface area contributed by atoms with Crippen molar-refractivity contribution in [2.24, 2.45) is 0 Å². The molecule has 1 spiro atoms. The first-order chi connectivity index (χ1) is 10.1. The van der Waals surface area contributed by atoms with E-state index in [-0.39, 0.29) is 11.7 Å². The molecule has 1 heterocycles. The highest BCUT2D eigenvalue weighted by molar-refractivity contribution is 5.92. The predicted octanol–water partition coefficient (Wildman–Crippen LogP) is 3.54. The molecule has 21 heavy (non-hydrogen) atoms. The number of hydrogen-bond donors (Lipinski definition) is 1. The van der Waals surface area contributed by atoms with Gasteiger partial charge in [0.15, 0.2) is 0 Å². The van der Waals surface area contributed by atoms with Gasteiger partial charge in [0.1, 0.15) is 11.7 Å². The maximum atomic E-state index is 12.9. The first-order valence-corrected chi connectivity index (χ1v) is 8.28. The number of carbonyl (C=O) groups excluding carboxylic acids is 1. The molecule has 2 fully saturated rings. The van der Waals surface area contributed by atoms with Crippen molar-refractivity contribution in [1.29, 1.82) is 0 Å². The zero-order valence-electron chi connectivity index (χ0n) is 13.4. The molecule has 0 bridgehead atoms. The largest absolute Gasteiger partial charge is 0.318 e. The van der Waals surface area contributed by atoms with Crippen LogP contribution in [0.1, 0.15) is 63.2 Å². The SMILES string of the molecule is CCCC(CC)N1C(=O)C2(CC2)NC1c1ccc(C)cc1. The van der Waals surface area contributed by atoms with Gasteiger partial charge in [-0.2, -0.15) is 0 Å².